The normalized spacial score (nSPS) is 11.1. The van der Waals surface area contributed by atoms with Gasteiger partial charge in [-0.05, 0) is 32.0 Å². The minimum absolute atomic E-state index is 0.00443. The molecule has 1 aromatic carbocycles. The van der Waals surface area contributed by atoms with Crippen LogP contribution in [0.2, 0.25) is 0 Å². The first-order chi connectivity index (χ1) is 12.1. The Morgan fingerprint density at radius 3 is 2.60 bits per heavy atom. The Balaban J connectivity index is 1.57. The molecular weight excluding hydrogens is 320 g/mol. The van der Waals surface area contributed by atoms with Crippen molar-refractivity contribution in [3.63, 3.8) is 0 Å². The van der Waals surface area contributed by atoms with Gasteiger partial charge in [-0.25, -0.2) is 24.3 Å². The number of ether oxygens (including phenoxy) is 1. The van der Waals surface area contributed by atoms with Crippen LogP contribution in [0.5, 0.6) is 0 Å². The van der Waals surface area contributed by atoms with Crippen molar-refractivity contribution in [3.8, 4) is 0 Å². The smallest absolute Gasteiger partial charge is 0.378 e. The number of benzene rings is 1. The monoisotopic (exact) mass is 334 g/mol. The minimum atomic E-state index is -0.626. The predicted octanol–water partition coefficient (Wildman–Crippen LogP) is 2.04. The van der Waals surface area contributed by atoms with E-state index in [4.69, 9.17) is 4.74 Å². The molecule has 4 aromatic rings. The lowest BCUT2D eigenvalue weighted by Crippen LogP contribution is -2.10. The molecule has 0 unspecified atom stereocenters. The van der Waals surface area contributed by atoms with Gasteiger partial charge in [-0.3, -0.25) is 0 Å². The van der Waals surface area contributed by atoms with E-state index in [-0.39, 0.29) is 12.4 Å². The summed E-state index contributed by atoms with van der Waals surface area (Å²) in [6.07, 6.45) is 1.61. The van der Waals surface area contributed by atoms with Gasteiger partial charge in [0.1, 0.15) is 6.61 Å². The van der Waals surface area contributed by atoms with Gasteiger partial charge in [0.2, 0.25) is 0 Å². The second-order valence-electron chi connectivity index (χ2n) is 5.55. The van der Waals surface area contributed by atoms with Gasteiger partial charge in [0.05, 0.1) is 22.4 Å². The van der Waals surface area contributed by atoms with Gasteiger partial charge in [-0.15, -0.1) is 5.10 Å². The molecule has 0 saturated heterocycles. The first kappa shape index (κ1) is 15.1. The highest BCUT2D eigenvalue weighted by atomic mass is 16.5. The summed E-state index contributed by atoms with van der Waals surface area (Å²) in [6, 6.07) is 9.33. The van der Waals surface area contributed by atoms with Gasteiger partial charge in [-0.2, -0.15) is 4.98 Å². The van der Waals surface area contributed by atoms with E-state index >= 15 is 0 Å². The first-order valence-electron chi connectivity index (χ1n) is 7.69. The van der Waals surface area contributed by atoms with Crippen molar-refractivity contribution in [2.45, 2.75) is 20.5 Å². The molecule has 3 heterocycles. The summed E-state index contributed by atoms with van der Waals surface area (Å²) < 4.78 is 6.80. The van der Waals surface area contributed by atoms with Gasteiger partial charge < -0.3 is 4.74 Å². The summed E-state index contributed by atoms with van der Waals surface area (Å²) in [5.74, 6) is -0.305. The number of carbonyl (C=O) groups is 1. The lowest BCUT2D eigenvalue weighted by molar-refractivity contribution is 0.0453. The number of hydrogen-bond acceptors (Lipinski definition) is 7. The number of esters is 1. The van der Waals surface area contributed by atoms with Gasteiger partial charge >= 0.3 is 5.97 Å². The molecule has 0 N–H and O–H groups in total. The molecule has 0 atom stereocenters. The molecule has 3 aromatic heterocycles. The quantitative estimate of drug-likeness (QED) is 0.529. The fourth-order valence-electron chi connectivity index (χ4n) is 2.45. The molecule has 0 saturated carbocycles. The van der Waals surface area contributed by atoms with Crippen LogP contribution in [0.4, 0.5) is 0 Å². The van der Waals surface area contributed by atoms with Crippen molar-refractivity contribution in [2.75, 3.05) is 0 Å². The third kappa shape index (κ3) is 2.78. The standard InChI is InChI=1S/C17H14N6O2/c1-10-7-8-18-17-21-15(22-23(10)17)16(24)25-9-14-11(2)19-12-5-3-4-6-13(12)20-14/h3-8H,9H2,1-2H3. The number of aromatic nitrogens is 6. The topological polar surface area (TPSA) is 95.2 Å². The molecule has 0 amide bonds. The number of nitrogens with zero attached hydrogens (tertiary/aromatic N) is 6. The van der Waals surface area contributed by atoms with Crippen LogP contribution in [0.3, 0.4) is 0 Å². The van der Waals surface area contributed by atoms with Crippen LogP contribution in [0, 0.1) is 13.8 Å². The first-order valence-corrected chi connectivity index (χ1v) is 7.69. The largest absolute Gasteiger partial charge is 0.453 e. The van der Waals surface area contributed by atoms with Crippen molar-refractivity contribution in [1.82, 2.24) is 29.5 Å². The Labute approximate surface area is 142 Å². The van der Waals surface area contributed by atoms with Crippen LogP contribution in [-0.4, -0.2) is 35.5 Å². The van der Waals surface area contributed by atoms with Gasteiger partial charge in [0, 0.05) is 11.9 Å². The van der Waals surface area contributed by atoms with Crippen molar-refractivity contribution in [1.29, 1.82) is 0 Å². The van der Waals surface area contributed by atoms with Crippen LogP contribution < -0.4 is 0 Å². The third-order valence-electron chi connectivity index (χ3n) is 3.80. The van der Waals surface area contributed by atoms with Crippen molar-refractivity contribution in [2.24, 2.45) is 0 Å². The van der Waals surface area contributed by atoms with E-state index in [1.165, 1.54) is 4.52 Å². The highest BCUT2D eigenvalue weighted by Crippen LogP contribution is 2.13. The molecule has 0 radical (unpaired) electrons. The fourth-order valence-corrected chi connectivity index (χ4v) is 2.45. The average Bonchev–Trinajstić information content (AvgIpc) is 3.05. The predicted molar refractivity (Wildman–Crippen MR) is 88.9 cm³/mol. The molecule has 0 bridgehead atoms. The molecular formula is C17H14N6O2. The van der Waals surface area contributed by atoms with E-state index in [1.807, 2.05) is 38.1 Å². The third-order valence-corrected chi connectivity index (χ3v) is 3.80. The lowest BCUT2D eigenvalue weighted by Gasteiger charge is -2.06. The SMILES string of the molecule is Cc1nc2ccccc2nc1COC(=O)c1nc2nccc(C)n2n1. The van der Waals surface area contributed by atoms with Crippen molar-refractivity contribution < 1.29 is 9.53 Å². The van der Waals surface area contributed by atoms with Gasteiger partial charge in [-0.1, -0.05) is 12.1 Å². The summed E-state index contributed by atoms with van der Waals surface area (Å²) >= 11 is 0. The summed E-state index contributed by atoms with van der Waals surface area (Å²) in [4.78, 5) is 29.4. The summed E-state index contributed by atoms with van der Waals surface area (Å²) in [7, 11) is 0. The number of rotatable bonds is 3. The number of aryl methyl sites for hydroxylation is 2. The van der Waals surface area contributed by atoms with E-state index in [0.717, 1.165) is 16.7 Å². The van der Waals surface area contributed by atoms with Gasteiger partial charge in [0.15, 0.2) is 0 Å². The minimum Gasteiger partial charge on any atom is -0.453 e. The zero-order chi connectivity index (χ0) is 17.4. The van der Waals surface area contributed by atoms with Crippen LogP contribution in [0.1, 0.15) is 27.7 Å². The fraction of sp³-hybridized carbons (Fsp3) is 0.176. The molecule has 0 aliphatic rings. The summed E-state index contributed by atoms with van der Waals surface area (Å²) in [6.45, 7) is 3.69. The highest BCUT2D eigenvalue weighted by Gasteiger charge is 2.17. The maximum Gasteiger partial charge on any atom is 0.378 e. The molecule has 4 rings (SSSR count). The Morgan fingerprint density at radius 2 is 1.84 bits per heavy atom. The van der Waals surface area contributed by atoms with Gasteiger partial charge in [0.25, 0.3) is 11.6 Å². The zero-order valence-electron chi connectivity index (χ0n) is 13.7. The molecule has 0 spiro atoms. The number of carbonyl (C=O) groups excluding carboxylic acids is 1. The number of para-hydroxylation sites is 2. The van der Waals surface area contributed by atoms with Crippen molar-refractivity contribution in [3.05, 3.63) is 59.4 Å². The summed E-state index contributed by atoms with van der Waals surface area (Å²) in [5, 5.41) is 4.13. The Hall–Kier alpha value is -3.42. The lowest BCUT2D eigenvalue weighted by atomic mass is 10.2. The zero-order valence-corrected chi connectivity index (χ0v) is 13.7. The Bertz CT molecular complexity index is 1100. The number of hydrogen-bond donors (Lipinski definition) is 0. The second kappa shape index (κ2) is 5.90. The molecule has 8 nitrogen and oxygen atoms in total. The van der Waals surface area contributed by atoms with E-state index in [2.05, 4.69) is 25.0 Å². The highest BCUT2D eigenvalue weighted by molar-refractivity contribution is 5.85. The Kier molecular flexibility index (Phi) is 3.57. The maximum atomic E-state index is 12.2. The second-order valence-corrected chi connectivity index (χ2v) is 5.55. The van der Waals surface area contributed by atoms with Crippen LogP contribution in [0.15, 0.2) is 36.5 Å². The maximum absolute atomic E-state index is 12.2. The molecule has 8 heteroatoms. The summed E-state index contributed by atoms with van der Waals surface area (Å²) in [5.41, 5.74) is 3.70. The van der Waals surface area contributed by atoms with E-state index in [1.54, 1.807) is 12.3 Å². The molecule has 124 valence electrons. The molecule has 25 heavy (non-hydrogen) atoms. The van der Waals surface area contributed by atoms with Crippen LogP contribution in [0.25, 0.3) is 16.8 Å². The Morgan fingerprint density at radius 1 is 1.08 bits per heavy atom. The van der Waals surface area contributed by atoms with E-state index in [9.17, 15) is 4.79 Å². The molecule has 0 aliphatic carbocycles. The number of fused-ring (bicyclic) bond motifs is 2. The van der Waals surface area contributed by atoms with E-state index in [0.29, 0.717) is 17.2 Å². The molecule has 0 aliphatic heterocycles. The van der Waals surface area contributed by atoms with E-state index < -0.39 is 5.97 Å². The van der Waals surface area contributed by atoms with Crippen molar-refractivity contribution >= 4 is 22.8 Å². The molecule has 0 fully saturated rings. The average molecular weight is 334 g/mol. The van der Waals surface area contributed by atoms with Crippen LogP contribution in [-0.2, 0) is 11.3 Å². The van der Waals surface area contributed by atoms with Crippen LogP contribution >= 0.6 is 0 Å².